The summed E-state index contributed by atoms with van der Waals surface area (Å²) < 4.78 is 10.9. The number of guanidine groups is 1. The van der Waals surface area contributed by atoms with Crippen LogP contribution in [0.2, 0.25) is 0 Å². The maximum atomic E-state index is 8.96. The van der Waals surface area contributed by atoms with Crippen molar-refractivity contribution in [1.29, 1.82) is 0 Å². The van der Waals surface area contributed by atoms with Crippen LogP contribution in [-0.2, 0) is 6.54 Å². The van der Waals surface area contributed by atoms with Gasteiger partial charge in [-0.25, -0.2) is 4.99 Å². The van der Waals surface area contributed by atoms with Crippen LogP contribution in [0.1, 0.15) is 52.0 Å². The maximum absolute atomic E-state index is 8.96. The van der Waals surface area contributed by atoms with Crippen LogP contribution >= 0.6 is 24.0 Å². The molecule has 0 amide bonds. The van der Waals surface area contributed by atoms with E-state index in [9.17, 15) is 0 Å². The highest BCUT2D eigenvalue weighted by molar-refractivity contribution is 14.0. The molecular formula is C24H43IN4O3. The number of methoxy groups -OCH3 is 1. The van der Waals surface area contributed by atoms with Crippen molar-refractivity contribution in [2.75, 3.05) is 46.5 Å². The molecule has 3 N–H and O–H groups in total. The molecule has 0 bridgehead atoms. The predicted octanol–water partition coefficient (Wildman–Crippen LogP) is 3.64. The minimum absolute atomic E-state index is 0. The molecule has 1 atom stereocenters. The lowest BCUT2D eigenvalue weighted by atomic mass is 10.0. The van der Waals surface area contributed by atoms with Crippen molar-refractivity contribution < 1.29 is 14.6 Å². The van der Waals surface area contributed by atoms with Crippen LogP contribution in [0.4, 0.5) is 0 Å². The molecule has 1 saturated heterocycles. The molecular weight excluding hydrogens is 519 g/mol. The molecule has 1 aromatic rings. The van der Waals surface area contributed by atoms with E-state index in [2.05, 4.69) is 36.3 Å². The Labute approximate surface area is 211 Å². The molecule has 1 aromatic carbocycles. The number of nitrogens with zero attached hydrogens (tertiary/aromatic N) is 2. The molecule has 1 fully saturated rings. The first-order valence-corrected chi connectivity index (χ1v) is 11.8. The van der Waals surface area contributed by atoms with Crippen molar-refractivity contribution >= 4 is 29.9 Å². The van der Waals surface area contributed by atoms with Gasteiger partial charge in [-0.1, -0.05) is 32.8 Å². The lowest BCUT2D eigenvalue weighted by Gasteiger charge is -2.34. The molecule has 0 aromatic heterocycles. The lowest BCUT2D eigenvalue weighted by Crippen LogP contribution is -2.49. The Hall–Kier alpha value is -1.26. The van der Waals surface area contributed by atoms with Gasteiger partial charge in [0.2, 0.25) is 0 Å². The number of ether oxygens (including phenoxy) is 2. The number of nitrogens with one attached hydrogen (secondary N) is 2. The molecule has 1 unspecified atom stereocenters. The Morgan fingerprint density at radius 3 is 2.44 bits per heavy atom. The van der Waals surface area contributed by atoms with Crippen LogP contribution in [-0.4, -0.2) is 68.5 Å². The number of hydrogen-bond acceptors (Lipinski definition) is 5. The van der Waals surface area contributed by atoms with Crippen LogP contribution in [0.25, 0.3) is 0 Å². The van der Waals surface area contributed by atoms with Crippen molar-refractivity contribution in [3.63, 3.8) is 0 Å². The molecule has 184 valence electrons. The average Bonchev–Trinajstić information content (AvgIpc) is 3.05. The second kappa shape index (κ2) is 16.4. The van der Waals surface area contributed by atoms with Gasteiger partial charge in [-0.15, -0.1) is 24.0 Å². The highest BCUT2D eigenvalue weighted by Gasteiger charge is 2.22. The predicted molar refractivity (Wildman–Crippen MR) is 142 cm³/mol. The van der Waals surface area contributed by atoms with E-state index >= 15 is 0 Å². The minimum atomic E-state index is -0.0261. The average molecular weight is 563 g/mol. The quantitative estimate of drug-likeness (QED) is 0.217. The van der Waals surface area contributed by atoms with Gasteiger partial charge in [0.25, 0.3) is 0 Å². The van der Waals surface area contributed by atoms with E-state index in [0.29, 0.717) is 30.0 Å². The van der Waals surface area contributed by atoms with Crippen molar-refractivity contribution in [2.45, 2.75) is 59.0 Å². The number of rotatable bonds is 11. The normalized spacial score (nSPS) is 16.1. The molecule has 7 nitrogen and oxygen atoms in total. The van der Waals surface area contributed by atoms with Crippen molar-refractivity contribution in [3.8, 4) is 11.5 Å². The van der Waals surface area contributed by atoms with Crippen LogP contribution in [0.3, 0.4) is 0 Å². The van der Waals surface area contributed by atoms with Crippen molar-refractivity contribution in [1.82, 2.24) is 15.5 Å². The number of halogens is 1. The third-order valence-electron chi connectivity index (χ3n) is 5.70. The Morgan fingerprint density at radius 2 is 1.84 bits per heavy atom. The molecule has 2 rings (SSSR count). The highest BCUT2D eigenvalue weighted by atomic mass is 127. The van der Waals surface area contributed by atoms with E-state index < -0.39 is 0 Å². The molecule has 1 aliphatic rings. The first-order valence-electron chi connectivity index (χ1n) is 11.8. The van der Waals surface area contributed by atoms with E-state index in [1.54, 1.807) is 7.11 Å². The fourth-order valence-corrected chi connectivity index (χ4v) is 4.01. The first kappa shape index (κ1) is 28.8. The van der Waals surface area contributed by atoms with Gasteiger partial charge in [0.1, 0.15) is 6.61 Å². The molecule has 0 aliphatic carbocycles. The van der Waals surface area contributed by atoms with E-state index in [1.165, 1.54) is 38.8 Å². The zero-order chi connectivity index (χ0) is 22.5. The van der Waals surface area contributed by atoms with Gasteiger partial charge >= 0.3 is 0 Å². The maximum Gasteiger partial charge on any atom is 0.191 e. The standard InChI is InChI=1S/C24H42N4O3.HI/c1-5-25-24(27-18-21(19(2)3)28-12-8-6-7-9-13-28)26-17-20-10-11-22(31-15-14-29)23(16-20)30-4;/h10-11,16,19,21,29H,5-9,12-15,17-18H2,1-4H3,(H2,25,26,27);1H. The summed E-state index contributed by atoms with van der Waals surface area (Å²) in [5.41, 5.74) is 1.04. The van der Waals surface area contributed by atoms with Crippen LogP contribution < -0.4 is 20.1 Å². The SMILES string of the molecule is CCNC(=NCc1ccc(OCCO)c(OC)c1)NCC(C(C)C)N1CCCCCC1.I. The number of aliphatic imine (C=N–C) groups is 1. The Bertz CT molecular complexity index is 665. The molecule has 0 radical (unpaired) electrons. The number of benzene rings is 1. The molecule has 32 heavy (non-hydrogen) atoms. The summed E-state index contributed by atoms with van der Waals surface area (Å²) in [4.78, 5) is 7.44. The van der Waals surface area contributed by atoms with E-state index in [-0.39, 0.29) is 37.2 Å². The summed E-state index contributed by atoms with van der Waals surface area (Å²) in [5.74, 6) is 2.71. The van der Waals surface area contributed by atoms with E-state index in [0.717, 1.165) is 24.6 Å². The Balaban J connectivity index is 0.00000512. The lowest BCUT2D eigenvalue weighted by molar-refractivity contribution is 0.161. The highest BCUT2D eigenvalue weighted by Crippen LogP contribution is 2.28. The molecule has 0 spiro atoms. The fraction of sp³-hybridized carbons (Fsp3) is 0.708. The van der Waals surface area contributed by atoms with E-state index in [4.69, 9.17) is 19.6 Å². The summed E-state index contributed by atoms with van der Waals surface area (Å²) in [6, 6.07) is 6.29. The van der Waals surface area contributed by atoms with Gasteiger partial charge in [0.05, 0.1) is 20.3 Å². The second-order valence-electron chi connectivity index (χ2n) is 8.39. The fourth-order valence-electron chi connectivity index (χ4n) is 4.01. The van der Waals surface area contributed by atoms with Crippen molar-refractivity contribution in [2.24, 2.45) is 10.9 Å². The van der Waals surface area contributed by atoms with E-state index in [1.807, 2.05) is 18.2 Å². The summed E-state index contributed by atoms with van der Waals surface area (Å²) >= 11 is 0. The minimum Gasteiger partial charge on any atom is -0.493 e. The monoisotopic (exact) mass is 562 g/mol. The second-order valence-corrected chi connectivity index (χ2v) is 8.39. The van der Waals surface area contributed by atoms with Gasteiger partial charge in [-0.2, -0.15) is 0 Å². The molecule has 1 heterocycles. The summed E-state index contributed by atoms with van der Waals surface area (Å²) in [5, 5.41) is 15.9. The van der Waals surface area contributed by atoms with Crippen LogP contribution in [0.15, 0.2) is 23.2 Å². The van der Waals surface area contributed by atoms with Gasteiger partial charge < -0.3 is 25.2 Å². The number of aliphatic hydroxyl groups excluding tert-OH is 1. The summed E-state index contributed by atoms with van der Waals surface area (Å²) in [7, 11) is 1.62. The molecule has 8 heteroatoms. The van der Waals surface area contributed by atoms with Gasteiger partial charge in [0, 0.05) is 19.1 Å². The van der Waals surface area contributed by atoms with Gasteiger partial charge in [-0.3, -0.25) is 4.90 Å². The zero-order valence-corrected chi connectivity index (χ0v) is 22.6. The largest absolute Gasteiger partial charge is 0.493 e. The van der Waals surface area contributed by atoms with Gasteiger partial charge in [-0.05, 0) is 56.5 Å². The third-order valence-corrected chi connectivity index (χ3v) is 5.70. The smallest absolute Gasteiger partial charge is 0.191 e. The van der Waals surface area contributed by atoms with Gasteiger partial charge in [0.15, 0.2) is 17.5 Å². The van der Waals surface area contributed by atoms with Crippen LogP contribution in [0.5, 0.6) is 11.5 Å². The van der Waals surface area contributed by atoms with Crippen molar-refractivity contribution in [3.05, 3.63) is 23.8 Å². The number of aliphatic hydroxyl groups is 1. The zero-order valence-electron chi connectivity index (χ0n) is 20.2. The molecule has 1 aliphatic heterocycles. The topological polar surface area (TPSA) is 78.4 Å². The van der Waals surface area contributed by atoms with Crippen LogP contribution in [0, 0.1) is 5.92 Å². The molecule has 0 saturated carbocycles. The summed E-state index contributed by atoms with van der Waals surface area (Å²) in [6.07, 6.45) is 5.31. The first-order chi connectivity index (χ1) is 15.1. The number of likely N-dealkylation sites (tertiary alicyclic amines) is 1. The third kappa shape index (κ3) is 9.70. The Morgan fingerprint density at radius 1 is 1.12 bits per heavy atom. The Kier molecular flexibility index (Phi) is 14.7. The summed E-state index contributed by atoms with van der Waals surface area (Å²) in [6.45, 7) is 11.6. The number of hydrogen-bond donors (Lipinski definition) is 3.